The van der Waals surface area contributed by atoms with Crippen LogP contribution in [0.1, 0.15) is 32.1 Å². The highest BCUT2D eigenvalue weighted by molar-refractivity contribution is 7.17. The number of hydrogen-bond acceptors (Lipinski definition) is 2. The minimum absolute atomic E-state index is 0.0494. The van der Waals surface area contributed by atoms with Gasteiger partial charge in [0.15, 0.2) is 4.80 Å². The largest absolute Gasteiger partial charge is 0.312 e. The predicted octanol–water partition coefficient (Wildman–Crippen LogP) is 5.05. The number of thiazole rings is 1. The molecule has 3 aromatic rings. The Hall–Kier alpha value is -2.20. The van der Waals surface area contributed by atoms with Crippen molar-refractivity contribution >= 4 is 38.2 Å². The molecule has 0 N–H and O–H groups in total. The van der Waals surface area contributed by atoms with Gasteiger partial charge in [0.25, 0.3) is 5.91 Å². The first kappa shape index (κ1) is 16.3. The van der Waals surface area contributed by atoms with E-state index in [1.54, 1.807) is 11.3 Å². The summed E-state index contributed by atoms with van der Waals surface area (Å²) in [6.45, 7) is 4.53. The second-order valence-corrected chi connectivity index (χ2v) is 7.68. The van der Waals surface area contributed by atoms with E-state index in [2.05, 4.69) is 52.5 Å². The zero-order chi connectivity index (χ0) is 17.2. The maximum absolute atomic E-state index is 12.7. The van der Waals surface area contributed by atoms with E-state index in [9.17, 15) is 4.79 Å². The van der Waals surface area contributed by atoms with Crippen LogP contribution in [0.2, 0.25) is 0 Å². The number of benzene rings is 2. The van der Waals surface area contributed by atoms with Crippen LogP contribution in [0.15, 0.2) is 54.0 Å². The molecule has 0 bridgehead atoms. The van der Waals surface area contributed by atoms with Crippen molar-refractivity contribution in [1.82, 2.24) is 4.57 Å². The van der Waals surface area contributed by atoms with Gasteiger partial charge < -0.3 is 4.57 Å². The van der Waals surface area contributed by atoms with Crippen molar-refractivity contribution < 1.29 is 4.79 Å². The molecule has 1 heterocycles. The van der Waals surface area contributed by atoms with Crippen molar-refractivity contribution in [3.63, 3.8) is 0 Å². The summed E-state index contributed by atoms with van der Waals surface area (Å²) in [5, 5.41) is 2.43. The molecule has 0 spiro atoms. The Balaban J connectivity index is 1.88. The molecule has 25 heavy (non-hydrogen) atoms. The highest BCUT2D eigenvalue weighted by Gasteiger charge is 2.21. The number of amides is 1. The number of rotatable bonds is 3. The molecule has 3 nitrogen and oxygen atoms in total. The van der Waals surface area contributed by atoms with E-state index in [-0.39, 0.29) is 11.8 Å². The summed E-state index contributed by atoms with van der Waals surface area (Å²) < 4.78 is 3.30. The van der Waals surface area contributed by atoms with Gasteiger partial charge in [0.05, 0.1) is 10.2 Å². The highest BCUT2D eigenvalue weighted by Crippen LogP contribution is 2.28. The van der Waals surface area contributed by atoms with Crippen LogP contribution in [0, 0.1) is 5.92 Å². The minimum Gasteiger partial charge on any atom is -0.312 e. The molecule has 0 aliphatic heterocycles. The van der Waals surface area contributed by atoms with Crippen molar-refractivity contribution in [3.8, 4) is 0 Å². The third kappa shape index (κ3) is 3.07. The summed E-state index contributed by atoms with van der Waals surface area (Å²) in [6.07, 6.45) is 7.38. The fourth-order valence-corrected chi connectivity index (χ4v) is 4.90. The van der Waals surface area contributed by atoms with E-state index in [0.29, 0.717) is 6.54 Å². The van der Waals surface area contributed by atoms with E-state index in [1.165, 1.54) is 21.9 Å². The molecule has 4 rings (SSSR count). The van der Waals surface area contributed by atoms with Crippen molar-refractivity contribution in [2.24, 2.45) is 10.9 Å². The topological polar surface area (TPSA) is 34.4 Å². The van der Waals surface area contributed by atoms with Gasteiger partial charge in [0, 0.05) is 17.8 Å². The molecule has 0 unspecified atom stereocenters. The average Bonchev–Trinajstić information content (AvgIpc) is 3.00. The molecule has 0 radical (unpaired) electrons. The summed E-state index contributed by atoms with van der Waals surface area (Å²) in [5.41, 5.74) is 1.12. The Kier molecular flexibility index (Phi) is 4.53. The summed E-state index contributed by atoms with van der Waals surface area (Å²) >= 11 is 1.61. The van der Waals surface area contributed by atoms with E-state index in [0.717, 1.165) is 36.0 Å². The molecule has 128 valence electrons. The lowest BCUT2D eigenvalue weighted by Crippen LogP contribution is -2.21. The van der Waals surface area contributed by atoms with Crippen LogP contribution in [-0.2, 0) is 11.3 Å². The SMILES string of the molecule is C=CCn1c(=NC(=O)C2CCCCC2)sc2c3ccccc3ccc21. The number of nitrogens with zero attached hydrogens (tertiary/aromatic N) is 2. The molecular weight excluding hydrogens is 328 g/mol. The standard InChI is InChI=1S/C21H22N2OS/c1-2-14-23-18-13-12-15-8-6-7-11-17(15)19(18)25-21(23)22-20(24)16-9-4-3-5-10-16/h2,6-8,11-13,16H,1,3-5,9-10,14H2. The predicted molar refractivity (Wildman–Crippen MR) is 105 cm³/mol. The smallest absolute Gasteiger partial charge is 0.251 e. The number of allylic oxidation sites excluding steroid dienone is 1. The van der Waals surface area contributed by atoms with E-state index >= 15 is 0 Å². The Labute approximate surface area is 151 Å². The molecule has 1 aromatic heterocycles. The molecule has 1 aliphatic carbocycles. The van der Waals surface area contributed by atoms with Crippen molar-refractivity contribution in [2.45, 2.75) is 38.6 Å². The molecule has 1 amide bonds. The van der Waals surface area contributed by atoms with Crippen LogP contribution in [0.3, 0.4) is 0 Å². The second kappa shape index (κ2) is 6.96. The normalized spacial score (nSPS) is 16.6. The maximum atomic E-state index is 12.7. The van der Waals surface area contributed by atoms with Crippen LogP contribution in [-0.4, -0.2) is 10.5 Å². The lowest BCUT2D eigenvalue weighted by Gasteiger charge is -2.17. The van der Waals surface area contributed by atoms with Gasteiger partial charge >= 0.3 is 0 Å². The van der Waals surface area contributed by atoms with Crippen LogP contribution >= 0.6 is 11.3 Å². The first-order chi connectivity index (χ1) is 12.3. The molecule has 4 heteroatoms. The van der Waals surface area contributed by atoms with Gasteiger partial charge in [-0.15, -0.1) is 6.58 Å². The van der Waals surface area contributed by atoms with Crippen molar-refractivity contribution in [1.29, 1.82) is 0 Å². The summed E-state index contributed by atoms with van der Waals surface area (Å²) in [5.74, 6) is 0.154. The monoisotopic (exact) mass is 350 g/mol. The zero-order valence-corrected chi connectivity index (χ0v) is 15.1. The number of aromatic nitrogens is 1. The molecular formula is C21H22N2OS. The number of hydrogen-bond donors (Lipinski definition) is 0. The second-order valence-electron chi connectivity index (χ2n) is 6.70. The van der Waals surface area contributed by atoms with Crippen LogP contribution in [0.5, 0.6) is 0 Å². The lowest BCUT2D eigenvalue weighted by molar-refractivity contribution is -0.122. The van der Waals surface area contributed by atoms with Gasteiger partial charge in [-0.05, 0) is 24.3 Å². The van der Waals surface area contributed by atoms with Gasteiger partial charge in [-0.3, -0.25) is 4.79 Å². The zero-order valence-electron chi connectivity index (χ0n) is 14.3. The van der Waals surface area contributed by atoms with Gasteiger partial charge in [-0.1, -0.05) is 67.0 Å². The number of fused-ring (bicyclic) bond motifs is 3. The Bertz CT molecular complexity index is 1010. The van der Waals surface area contributed by atoms with Crippen LogP contribution in [0.25, 0.3) is 21.0 Å². The van der Waals surface area contributed by atoms with Crippen LogP contribution < -0.4 is 4.80 Å². The Morgan fingerprint density at radius 3 is 2.80 bits per heavy atom. The first-order valence-electron chi connectivity index (χ1n) is 8.98. The molecule has 0 saturated heterocycles. The summed E-state index contributed by atoms with van der Waals surface area (Å²) in [4.78, 5) is 18.0. The first-order valence-corrected chi connectivity index (χ1v) is 9.80. The molecule has 2 aromatic carbocycles. The van der Waals surface area contributed by atoms with Gasteiger partial charge in [0.1, 0.15) is 0 Å². The quantitative estimate of drug-likeness (QED) is 0.609. The highest BCUT2D eigenvalue weighted by atomic mass is 32.1. The third-order valence-electron chi connectivity index (χ3n) is 5.05. The molecule has 1 fully saturated rings. The fraction of sp³-hybridized carbons (Fsp3) is 0.333. The van der Waals surface area contributed by atoms with Gasteiger partial charge in [0.2, 0.25) is 0 Å². The van der Waals surface area contributed by atoms with Crippen molar-refractivity contribution in [2.75, 3.05) is 0 Å². The Morgan fingerprint density at radius 1 is 1.20 bits per heavy atom. The van der Waals surface area contributed by atoms with Gasteiger partial charge in [-0.25, -0.2) is 0 Å². The Morgan fingerprint density at radius 2 is 2.00 bits per heavy atom. The minimum atomic E-state index is 0.0494. The van der Waals surface area contributed by atoms with Gasteiger partial charge in [-0.2, -0.15) is 4.99 Å². The fourth-order valence-electron chi connectivity index (χ4n) is 3.72. The van der Waals surface area contributed by atoms with Crippen LogP contribution in [0.4, 0.5) is 0 Å². The summed E-state index contributed by atoms with van der Waals surface area (Å²) in [7, 11) is 0. The maximum Gasteiger partial charge on any atom is 0.251 e. The number of carbonyl (C=O) groups is 1. The van der Waals surface area contributed by atoms with Crippen molar-refractivity contribution in [3.05, 3.63) is 53.9 Å². The molecule has 1 saturated carbocycles. The molecule has 0 atom stereocenters. The van der Waals surface area contributed by atoms with E-state index in [4.69, 9.17) is 0 Å². The lowest BCUT2D eigenvalue weighted by atomic mass is 9.89. The molecule has 1 aliphatic rings. The average molecular weight is 350 g/mol. The van der Waals surface area contributed by atoms with E-state index < -0.39 is 0 Å². The number of carbonyl (C=O) groups excluding carboxylic acids is 1. The van der Waals surface area contributed by atoms with E-state index in [1.807, 2.05) is 6.08 Å². The third-order valence-corrected chi connectivity index (χ3v) is 6.17. The summed E-state index contributed by atoms with van der Waals surface area (Å²) in [6, 6.07) is 12.6.